The molecule has 0 saturated carbocycles. The van der Waals surface area contributed by atoms with Crippen molar-refractivity contribution in [2.45, 2.75) is 25.8 Å². The molecule has 0 unspecified atom stereocenters. The van der Waals surface area contributed by atoms with Crippen molar-refractivity contribution in [2.24, 2.45) is 5.92 Å². The minimum absolute atomic E-state index is 0.0893. The molecule has 2 N–H and O–H groups in total. The number of likely N-dealkylation sites (tertiary alicyclic amines) is 1. The Balaban J connectivity index is 1.37. The predicted molar refractivity (Wildman–Crippen MR) is 105 cm³/mol. The molecular formula is C22H26N2O3. The van der Waals surface area contributed by atoms with Gasteiger partial charge in [-0.05, 0) is 55.6 Å². The van der Waals surface area contributed by atoms with Crippen LogP contribution in [0.5, 0.6) is 0 Å². The molecule has 5 heteroatoms. The average Bonchev–Trinajstić information content (AvgIpc) is 2.69. The molecule has 0 spiro atoms. The Bertz CT molecular complexity index is 751. The van der Waals surface area contributed by atoms with E-state index < -0.39 is 5.97 Å². The van der Waals surface area contributed by atoms with Crippen LogP contribution in [0.4, 0.5) is 0 Å². The zero-order valence-electron chi connectivity index (χ0n) is 15.4. The average molecular weight is 366 g/mol. The molecule has 0 radical (unpaired) electrons. The van der Waals surface area contributed by atoms with Gasteiger partial charge in [0.15, 0.2) is 0 Å². The molecule has 1 aliphatic rings. The van der Waals surface area contributed by atoms with Crippen molar-refractivity contribution in [2.75, 3.05) is 19.6 Å². The van der Waals surface area contributed by atoms with Gasteiger partial charge in [0.2, 0.25) is 5.91 Å². The van der Waals surface area contributed by atoms with E-state index in [1.54, 1.807) is 24.3 Å². The second-order valence-corrected chi connectivity index (χ2v) is 7.08. The maximum absolute atomic E-state index is 12.4. The van der Waals surface area contributed by atoms with Gasteiger partial charge in [-0.15, -0.1) is 0 Å². The summed E-state index contributed by atoms with van der Waals surface area (Å²) in [4.78, 5) is 25.7. The summed E-state index contributed by atoms with van der Waals surface area (Å²) in [5.74, 6) is -0.698. The standard InChI is InChI=1S/C22H26N2O3/c25-21(23-13-10-17-6-8-20(9-7-17)22(26)27)19-11-14-24(15-12-19)16-18-4-2-1-3-5-18/h1-9,19H,10-16H2,(H,23,25)(H,26,27). The van der Waals surface area contributed by atoms with Crippen molar-refractivity contribution >= 4 is 11.9 Å². The lowest BCUT2D eigenvalue weighted by atomic mass is 9.95. The van der Waals surface area contributed by atoms with Crippen molar-refractivity contribution < 1.29 is 14.7 Å². The van der Waals surface area contributed by atoms with Gasteiger partial charge in [0.05, 0.1) is 5.56 Å². The topological polar surface area (TPSA) is 69.6 Å². The Morgan fingerprint density at radius 1 is 0.963 bits per heavy atom. The fourth-order valence-corrected chi connectivity index (χ4v) is 3.48. The van der Waals surface area contributed by atoms with E-state index >= 15 is 0 Å². The van der Waals surface area contributed by atoms with Gasteiger partial charge in [-0.2, -0.15) is 0 Å². The number of nitrogens with one attached hydrogen (secondary N) is 1. The van der Waals surface area contributed by atoms with E-state index in [0.29, 0.717) is 13.0 Å². The smallest absolute Gasteiger partial charge is 0.335 e. The van der Waals surface area contributed by atoms with E-state index in [9.17, 15) is 9.59 Å². The number of hydrogen-bond donors (Lipinski definition) is 2. The van der Waals surface area contributed by atoms with E-state index in [1.165, 1.54) is 5.56 Å². The van der Waals surface area contributed by atoms with Crippen LogP contribution in [0.15, 0.2) is 54.6 Å². The van der Waals surface area contributed by atoms with E-state index in [0.717, 1.165) is 38.0 Å². The second kappa shape index (κ2) is 9.33. The normalized spacial score (nSPS) is 15.4. The van der Waals surface area contributed by atoms with Crippen molar-refractivity contribution in [1.29, 1.82) is 0 Å². The number of benzene rings is 2. The highest BCUT2D eigenvalue weighted by Gasteiger charge is 2.24. The van der Waals surface area contributed by atoms with Crippen LogP contribution < -0.4 is 5.32 Å². The molecule has 1 heterocycles. The number of rotatable bonds is 7. The number of aromatic carboxylic acids is 1. The number of carbonyl (C=O) groups is 2. The first-order chi connectivity index (χ1) is 13.1. The third-order valence-electron chi connectivity index (χ3n) is 5.12. The number of carboxylic acid groups (broad SMARTS) is 1. The third-order valence-corrected chi connectivity index (χ3v) is 5.12. The van der Waals surface area contributed by atoms with Crippen LogP contribution in [0.1, 0.15) is 34.3 Å². The van der Waals surface area contributed by atoms with Crippen LogP contribution in [0.3, 0.4) is 0 Å². The maximum atomic E-state index is 12.4. The first kappa shape index (κ1) is 19.1. The maximum Gasteiger partial charge on any atom is 0.335 e. The van der Waals surface area contributed by atoms with Gasteiger partial charge in [0.1, 0.15) is 0 Å². The molecule has 2 aromatic rings. The van der Waals surface area contributed by atoms with Gasteiger partial charge in [-0.1, -0.05) is 42.5 Å². The third kappa shape index (κ3) is 5.66. The summed E-state index contributed by atoms with van der Waals surface area (Å²) in [7, 11) is 0. The fraction of sp³-hybridized carbons (Fsp3) is 0.364. The van der Waals surface area contributed by atoms with Gasteiger partial charge in [-0.25, -0.2) is 4.79 Å². The summed E-state index contributed by atoms with van der Waals surface area (Å²) in [5, 5.41) is 11.9. The SMILES string of the molecule is O=C(O)c1ccc(CCNC(=O)C2CCN(Cc3ccccc3)CC2)cc1. The van der Waals surface area contributed by atoms with Crippen LogP contribution in [0.25, 0.3) is 0 Å². The predicted octanol–water partition coefficient (Wildman–Crippen LogP) is 2.96. The molecule has 1 saturated heterocycles. The van der Waals surface area contributed by atoms with Gasteiger partial charge in [-0.3, -0.25) is 9.69 Å². The van der Waals surface area contributed by atoms with Crippen LogP contribution in [0, 0.1) is 5.92 Å². The highest BCUT2D eigenvalue weighted by molar-refractivity contribution is 5.87. The molecule has 27 heavy (non-hydrogen) atoms. The molecule has 1 aliphatic heterocycles. The first-order valence-corrected chi connectivity index (χ1v) is 9.48. The number of nitrogens with zero attached hydrogens (tertiary/aromatic N) is 1. The zero-order chi connectivity index (χ0) is 19.1. The van der Waals surface area contributed by atoms with Gasteiger partial charge < -0.3 is 10.4 Å². The second-order valence-electron chi connectivity index (χ2n) is 7.08. The van der Waals surface area contributed by atoms with Crippen molar-refractivity contribution in [1.82, 2.24) is 10.2 Å². The Hall–Kier alpha value is -2.66. The largest absolute Gasteiger partial charge is 0.478 e. The molecule has 1 amide bonds. The Morgan fingerprint density at radius 2 is 1.63 bits per heavy atom. The summed E-state index contributed by atoms with van der Waals surface area (Å²) in [6, 6.07) is 17.2. The van der Waals surface area contributed by atoms with Gasteiger partial charge in [0.25, 0.3) is 0 Å². The minimum atomic E-state index is -0.923. The van der Waals surface area contributed by atoms with Crippen LogP contribution in [-0.2, 0) is 17.8 Å². The molecule has 1 fully saturated rings. The minimum Gasteiger partial charge on any atom is -0.478 e. The van der Waals surface area contributed by atoms with E-state index in [4.69, 9.17) is 5.11 Å². The lowest BCUT2D eigenvalue weighted by molar-refractivity contribution is -0.126. The molecule has 2 aromatic carbocycles. The summed E-state index contributed by atoms with van der Waals surface area (Å²) in [6.07, 6.45) is 2.50. The highest BCUT2D eigenvalue weighted by Crippen LogP contribution is 2.19. The summed E-state index contributed by atoms with van der Waals surface area (Å²) >= 11 is 0. The molecule has 0 bridgehead atoms. The van der Waals surface area contributed by atoms with Gasteiger partial charge >= 0.3 is 5.97 Å². The van der Waals surface area contributed by atoms with Gasteiger partial charge in [0, 0.05) is 19.0 Å². The molecular weight excluding hydrogens is 340 g/mol. The Morgan fingerprint density at radius 3 is 2.26 bits per heavy atom. The number of carboxylic acids is 1. The molecule has 142 valence electrons. The Labute approximate surface area is 160 Å². The first-order valence-electron chi connectivity index (χ1n) is 9.48. The highest BCUT2D eigenvalue weighted by atomic mass is 16.4. The molecule has 5 nitrogen and oxygen atoms in total. The molecule has 3 rings (SSSR count). The number of carbonyl (C=O) groups excluding carboxylic acids is 1. The van der Waals surface area contributed by atoms with Crippen molar-refractivity contribution in [3.05, 3.63) is 71.3 Å². The van der Waals surface area contributed by atoms with Crippen LogP contribution >= 0.6 is 0 Å². The lowest BCUT2D eigenvalue weighted by Crippen LogP contribution is -2.40. The Kier molecular flexibility index (Phi) is 6.60. The zero-order valence-corrected chi connectivity index (χ0v) is 15.4. The van der Waals surface area contributed by atoms with Crippen LogP contribution in [-0.4, -0.2) is 41.5 Å². The summed E-state index contributed by atoms with van der Waals surface area (Å²) in [5.41, 5.74) is 2.62. The lowest BCUT2D eigenvalue weighted by Gasteiger charge is -2.31. The quantitative estimate of drug-likeness (QED) is 0.790. The summed E-state index contributed by atoms with van der Waals surface area (Å²) < 4.78 is 0. The molecule has 0 aliphatic carbocycles. The number of amides is 1. The summed E-state index contributed by atoms with van der Waals surface area (Å²) in [6.45, 7) is 3.42. The van der Waals surface area contributed by atoms with Crippen LogP contribution in [0.2, 0.25) is 0 Å². The molecule has 0 aromatic heterocycles. The van der Waals surface area contributed by atoms with Crippen molar-refractivity contribution in [3.63, 3.8) is 0 Å². The van der Waals surface area contributed by atoms with Crippen molar-refractivity contribution in [3.8, 4) is 0 Å². The van der Waals surface area contributed by atoms with E-state index in [-0.39, 0.29) is 17.4 Å². The number of piperidine rings is 1. The molecule has 0 atom stereocenters. The fourth-order valence-electron chi connectivity index (χ4n) is 3.48. The van der Waals surface area contributed by atoms with E-state index in [1.807, 2.05) is 6.07 Å². The monoisotopic (exact) mass is 366 g/mol. The number of hydrogen-bond acceptors (Lipinski definition) is 3. The van der Waals surface area contributed by atoms with E-state index in [2.05, 4.69) is 34.5 Å².